The van der Waals surface area contributed by atoms with Gasteiger partial charge in [-0.2, -0.15) is 0 Å². The number of likely N-dealkylation sites (tertiary alicyclic amines) is 1. The van der Waals surface area contributed by atoms with E-state index < -0.39 is 59.5 Å². The molecule has 4 heterocycles. The number of aliphatic hydroxyl groups is 1. The molecule has 4 aliphatic rings. The first-order valence-electron chi connectivity index (χ1n) is 16.0. The van der Waals surface area contributed by atoms with Gasteiger partial charge in [-0.1, -0.05) is 76.6 Å². The molecule has 0 radical (unpaired) electrons. The molecule has 0 aromatic heterocycles. The van der Waals surface area contributed by atoms with Gasteiger partial charge in [-0.05, 0) is 50.0 Å². The van der Waals surface area contributed by atoms with Crippen molar-refractivity contribution in [2.24, 2.45) is 11.8 Å². The van der Waals surface area contributed by atoms with E-state index in [9.17, 15) is 24.3 Å². The number of cyclic esters (lactones) is 1. The molecule has 11 heteroatoms. The summed E-state index contributed by atoms with van der Waals surface area (Å²) in [4.78, 5) is 61.6. The molecular formula is C36H40BrN3O7. The second kappa shape index (κ2) is 13.0. The number of carbonyl (C=O) groups is 4. The summed E-state index contributed by atoms with van der Waals surface area (Å²) in [6, 6.07) is 13.3. The molecule has 2 aromatic rings. The fourth-order valence-corrected chi connectivity index (χ4v) is 8.42. The molecule has 0 aliphatic carbocycles. The van der Waals surface area contributed by atoms with Crippen molar-refractivity contribution in [2.75, 3.05) is 31.6 Å². The number of hydrogen-bond acceptors (Lipinski definition) is 7. The van der Waals surface area contributed by atoms with Crippen LogP contribution in [0.3, 0.4) is 0 Å². The zero-order valence-corrected chi connectivity index (χ0v) is 28.6. The number of halogens is 1. The lowest BCUT2D eigenvalue weighted by molar-refractivity contribution is -0.164. The quantitative estimate of drug-likeness (QED) is 0.378. The second-order valence-corrected chi connectivity index (χ2v) is 13.7. The van der Waals surface area contributed by atoms with E-state index in [0.717, 1.165) is 11.1 Å². The molecule has 0 unspecified atom stereocenters. The maximum Gasteiger partial charge on any atom is 0.313 e. The van der Waals surface area contributed by atoms with Gasteiger partial charge < -0.3 is 29.3 Å². The van der Waals surface area contributed by atoms with Crippen LogP contribution >= 0.6 is 15.9 Å². The summed E-state index contributed by atoms with van der Waals surface area (Å²) < 4.78 is 13.4. The molecule has 47 heavy (non-hydrogen) atoms. The number of rotatable bonds is 4. The minimum Gasteiger partial charge on any atom is -0.455 e. The number of para-hydroxylation sites is 1. The van der Waals surface area contributed by atoms with Crippen LogP contribution in [0, 0.1) is 25.7 Å². The number of benzene rings is 2. The van der Waals surface area contributed by atoms with Crippen LogP contribution in [0.5, 0.6) is 0 Å². The van der Waals surface area contributed by atoms with Crippen molar-refractivity contribution in [3.8, 4) is 0 Å². The summed E-state index contributed by atoms with van der Waals surface area (Å²) in [5.74, 6) is -3.74. The minimum atomic E-state index is -1.47. The van der Waals surface area contributed by atoms with E-state index in [0.29, 0.717) is 22.2 Å². The van der Waals surface area contributed by atoms with E-state index in [-0.39, 0.29) is 32.0 Å². The van der Waals surface area contributed by atoms with E-state index in [4.69, 9.17) is 9.47 Å². The van der Waals surface area contributed by atoms with Gasteiger partial charge >= 0.3 is 5.97 Å². The third kappa shape index (κ3) is 5.52. The van der Waals surface area contributed by atoms with Crippen LogP contribution in [0.4, 0.5) is 5.69 Å². The van der Waals surface area contributed by atoms with Gasteiger partial charge in [-0.3, -0.25) is 19.2 Å². The lowest BCUT2D eigenvalue weighted by Gasteiger charge is -2.36. The zero-order valence-electron chi connectivity index (χ0n) is 27.0. The van der Waals surface area contributed by atoms with Crippen molar-refractivity contribution < 1.29 is 33.8 Å². The number of allylic oxidation sites excluding steroid dienone is 1. The first kappa shape index (κ1) is 33.1. The maximum absolute atomic E-state index is 14.9. The molecule has 2 saturated heterocycles. The molecule has 1 spiro atoms. The molecule has 7 atom stereocenters. The van der Waals surface area contributed by atoms with Crippen molar-refractivity contribution in [1.29, 1.82) is 0 Å². The molecule has 10 nitrogen and oxygen atoms in total. The first-order valence-corrected chi connectivity index (χ1v) is 16.8. The normalized spacial score (nSPS) is 32.0. The number of esters is 1. The van der Waals surface area contributed by atoms with Crippen molar-refractivity contribution in [1.82, 2.24) is 9.80 Å². The average Bonchev–Trinajstić information content (AvgIpc) is 3.64. The van der Waals surface area contributed by atoms with Crippen molar-refractivity contribution in [2.45, 2.75) is 63.5 Å². The fraction of sp³-hybridized carbons (Fsp3) is 0.444. The smallest absolute Gasteiger partial charge is 0.313 e. The molecular weight excluding hydrogens is 666 g/mol. The Balaban J connectivity index is 1.50. The highest BCUT2D eigenvalue weighted by Gasteiger charge is 2.75. The van der Waals surface area contributed by atoms with Crippen molar-refractivity contribution in [3.05, 3.63) is 87.9 Å². The van der Waals surface area contributed by atoms with E-state index in [1.807, 2.05) is 81.5 Å². The lowest BCUT2D eigenvalue weighted by atomic mass is 9.74. The highest BCUT2D eigenvalue weighted by Crippen LogP contribution is 2.59. The maximum atomic E-state index is 14.9. The number of fused-ring (bicyclic) bond motifs is 2. The van der Waals surface area contributed by atoms with Gasteiger partial charge in [0.05, 0.1) is 18.6 Å². The van der Waals surface area contributed by atoms with E-state index in [2.05, 4.69) is 15.9 Å². The number of aryl methyl sites for hydroxylation is 2. The Morgan fingerprint density at radius 2 is 1.66 bits per heavy atom. The molecule has 2 fully saturated rings. The van der Waals surface area contributed by atoms with Crippen LogP contribution < -0.4 is 4.90 Å². The van der Waals surface area contributed by atoms with Crippen molar-refractivity contribution in [3.63, 3.8) is 0 Å². The number of aliphatic hydroxyl groups excluding tert-OH is 1. The highest BCUT2D eigenvalue weighted by atomic mass is 79.9. The Bertz CT molecular complexity index is 1620. The predicted octanol–water partition coefficient (Wildman–Crippen LogP) is 3.98. The Labute approximate surface area is 283 Å². The summed E-state index contributed by atoms with van der Waals surface area (Å²) >= 11 is 3.59. The molecule has 4 aliphatic heterocycles. The molecule has 1 N–H and O–H groups in total. The first-order chi connectivity index (χ1) is 22.5. The predicted molar refractivity (Wildman–Crippen MR) is 178 cm³/mol. The summed E-state index contributed by atoms with van der Waals surface area (Å²) in [5.41, 5.74) is 1.69. The highest BCUT2D eigenvalue weighted by molar-refractivity contribution is 9.11. The molecule has 248 valence electrons. The van der Waals surface area contributed by atoms with E-state index in [1.165, 1.54) is 4.90 Å². The summed E-state index contributed by atoms with van der Waals surface area (Å²) in [6.45, 7) is 5.38. The standard InChI is InChI=1S/C36H40BrN3O7/c1-21-12-11-13-22(2)29(21)39-17-10-6-9-16-26(42)38(4)23(3)30(24-14-7-5-8-15-24)46-35(45)27-28-33(43)40(18-19-41)32(34(39)44)36(28)20-25(37)31(27)47-36/h5-8,10-15,20,23,27-28,30-32,41H,9,16-19H2,1-4H3/b10-6-/t23-,27+,28-,30+,31+,32+,36-/m0/s1. The van der Waals surface area contributed by atoms with Gasteiger partial charge in [0.1, 0.15) is 29.8 Å². The third-order valence-electron chi connectivity index (χ3n) is 10.0. The van der Waals surface area contributed by atoms with Gasteiger partial charge in [-0.15, -0.1) is 0 Å². The summed E-state index contributed by atoms with van der Waals surface area (Å²) in [6.07, 6.45) is 4.49. The largest absolute Gasteiger partial charge is 0.455 e. The van der Waals surface area contributed by atoms with E-state index >= 15 is 0 Å². The third-order valence-corrected chi connectivity index (χ3v) is 10.7. The molecule has 3 amide bonds. The van der Waals surface area contributed by atoms with Crippen molar-refractivity contribution >= 4 is 45.3 Å². The number of amides is 3. The molecule has 2 aromatic carbocycles. The van der Waals surface area contributed by atoms with Gasteiger partial charge in [0, 0.05) is 36.7 Å². The number of ether oxygens (including phenoxy) is 2. The Hall–Kier alpha value is -3.80. The summed E-state index contributed by atoms with van der Waals surface area (Å²) in [7, 11) is 1.70. The zero-order chi connectivity index (χ0) is 33.6. The van der Waals surface area contributed by atoms with Gasteiger partial charge in [0.25, 0.3) is 5.91 Å². The lowest BCUT2D eigenvalue weighted by Crippen LogP contribution is -2.56. The topological polar surface area (TPSA) is 117 Å². The minimum absolute atomic E-state index is 0.109. The van der Waals surface area contributed by atoms with Crippen LogP contribution in [-0.2, 0) is 28.7 Å². The average molecular weight is 707 g/mol. The van der Waals surface area contributed by atoms with Crippen LogP contribution in [0.1, 0.15) is 42.6 Å². The van der Waals surface area contributed by atoms with Crippen LogP contribution in [0.2, 0.25) is 0 Å². The SMILES string of the molecule is Cc1cccc(C)c1N1C/C=C\CCC(=O)N(C)[C@@H](C)[C@H](c2ccccc2)OC(=O)[C@H]2[C@@H]3O[C@@]4(C=C3Br)[C@@H]2C(=O)N(CCO)[C@@H]4C1=O. The Morgan fingerprint density at radius 3 is 2.34 bits per heavy atom. The Morgan fingerprint density at radius 1 is 0.957 bits per heavy atom. The van der Waals surface area contributed by atoms with Gasteiger partial charge in [0.2, 0.25) is 11.8 Å². The number of β-amino-alcohol motifs (C(OH)–C–C–N with tert-alkyl or cyclic N) is 1. The van der Waals surface area contributed by atoms with Gasteiger partial charge in [0.15, 0.2) is 0 Å². The molecule has 6 rings (SSSR count). The van der Waals surface area contributed by atoms with Crippen LogP contribution in [-0.4, -0.2) is 89.1 Å². The fourth-order valence-electron chi connectivity index (χ4n) is 7.69. The monoisotopic (exact) mass is 705 g/mol. The van der Waals surface area contributed by atoms with E-state index in [1.54, 1.807) is 22.9 Å². The van der Waals surface area contributed by atoms with Crippen LogP contribution in [0.25, 0.3) is 0 Å². The molecule has 0 saturated carbocycles. The Kier molecular flexibility index (Phi) is 9.17. The summed E-state index contributed by atoms with van der Waals surface area (Å²) in [5, 5.41) is 10.1. The number of likely N-dealkylation sites (N-methyl/N-ethyl adjacent to an activating group) is 1. The second-order valence-electron chi connectivity index (χ2n) is 12.8. The number of carbonyl (C=O) groups excluding carboxylic acids is 4. The number of nitrogens with zero attached hydrogens (tertiary/aromatic N) is 3. The molecule has 5 bridgehead atoms. The number of hydrogen-bond donors (Lipinski definition) is 1. The number of anilines is 1. The van der Waals surface area contributed by atoms with Crippen LogP contribution in [0.15, 0.2) is 71.2 Å². The van der Waals surface area contributed by atoms with Gasteiger partial charge in [-0.25, -0.2) is 0 Å².